The molecule has 66 valence electrons. The lowest BCUT2D eigenvalue weighted by Crippen LogP contribution is -1.80. The molecule has 0 aliphatic carbocycles. The molecule has 0 aliphatic heterocycles. The number of carbonyl (C=O) groups excluding carboxylic acids is 1. The molecule has 0 spiro atoms. The molecule has 13 heavy (non-hydrogen) atoms. The van der Waals surface area contributed by atoms with E-state index in [-0.39, 0.29) is 5.82 Å². The smallest absolute Gasteiger partial charge is 0.151 e. The van der Waals surface area contributed by atoms with Crippen LogP contribution in [-0.2, 0) is 0 Å². The van der Waals surface area contributed by atoms with Gasteiger partial charge in [0.05, 0.1) is 0 Å². The molecule has 0 amide bonds. The first-order valence-electron chi connectivity index (χ1n) is 3.57. The molecule has 0 saturated heterocycles. The molecule has 0 bridgehead atoms. The largest absolute Gasteiger partial charge is 0.298 e. The molecule has 4 heteroatoms. The number of halogens is 1. The van der Waals surface area contributed by atoms with Crippen LogP contribution in [0.4, 0.5) is 4.39 Å². The molecule has 1 aromatic carbocycles. The number of carbonyl (C=O) groups is 1. The van der Waals surface area contributed by atoms with Crippen molar-refractivity contribution in [1.82, 2.24) is 0 Å². The van der Waals surface area contributed by atoms with Gasteiger partial charge in [0.2, 0.25) is 0 Å². The fourth-order valence-electron chi connectivity index (χ4n) is 1.21. The van der Waals surface area contributed by atoms with E-state index in [1.165, 1.54) is 16.7 Å². The molecule has 0 N–H and O–H groups in total. The summed E-state index contributed by atoms with van der Waals surface area (Å²) in [4.78, 5) is 11.2. The Kier molecular flexibility index (Phi) is 2.09. The lowest BCUT2D eigenvalue weighted by Gasteiger charge is -1.96. The highest BCUT2D eigenvalue weighted by molar-refractivity contribution is 7.80. The van der Waals surface area contributed by atoms with E-state index in [1.54, 1.807) is 12.1 Å². The highest BCUT2D eigenvalue weighted by Crippen LogP contribution is 2.29. The Morgan fingerprint density at radius 2 is 2.23 bits per heavy atom. The molecule has 1 aromatic heterocycles. The van der Waals surface area contributed by atoms with E-state index in [2.05, 4.69) is 12.6 Å². The second-order valence-electron chi connectivity index (χ2n) is 2.61. The van der Waals surface area contributed by atoms with Gasteiger partial charge in [-0.3, -0.25) is 4.79 Å². The zero-order chi connectivity index (χ0) is 9.42. The molecule has 1 heterocycles. The van der Waals surface area contributed by atoms with Crippen molar-refractivity contribution < 1.29 is 9.18 Å². The monoisotopic (exact) mass is 212 g/mol. The Morgan fingerprint density at radius 1 is 1.46 bits per heavy atom. The molecule has 2 aromatic rings. The lowest BCUT2D eigenvalue weighted by molar-refractivity contribution is 0.112. The Labute approximate surface area is 83.6 Å². The maximum atomic E-state index is 13.1. The summed E-state index contributed by atoms with van der Waals surface area (Å²) in [5.74, 6) is -0.293. The highest BCUT2D eigenvalue weighted by atomic mass is 32.1. The van der Waals surface area contributed by atoms with Gasteiger partial charge in [-0.25, -0.2) is 4.39 Å². The summed E-state index contributed by atoms with van der Waals surface area (Å²) in [6, 6.07) is 3.26. The standard InChI is InChI=1S/C9H5FOS2/c10-8-4-13-9-5(3-11)1-6(12)2-7(8)9/h1-4,12H. The van der Waals surface area contributed by atoms with Gasteiger partial charge in [-0.05, 0) is 12.1 Å². The SMILES string of the molecule is O=Cc1cc(S)cc2c(F)csc12. The summed E-state index contributed by atoms with van der Waals surface area (Å²) in [6.07, 6.45) is 0.720. The zero-order valence-corrected chi connectivity index (χ0v) is 8.16. The zero-order valence-electron chi connectivity index (χ0n) is 6.45. The quantitative estimate of drug-likeness (QED) is 0.567. The van der Waals surface area contributed by atoms with Gasteiger partial charge in [-0.15, -0.1) is 24.0 Å². The molecule has 0 saturated carbocycles. The van der Waals surface area contributed by atoms with Gasteiger partial charge in [-0.2, -0.15) is 0 Å². The van der Waals surface area contributed by atoms with Crippen molar-refractivity contribution in [3.05, 3.63) is 28.9 Å². The second-order valence-corrected chi connectivity index (χ2v) is 4.01. The van der Waals surface area contributed by atoms with E-state index in [1.807, 2.05) is 0 Å². The Balaban J connectivity index is 2.91. The third-order valence-electron chi connectivity index (χ3n) is 1.77. The number of fused-ring (bicyclic) bond motifs is 1. The van der Waals surface area contributed by atoms with Crippen molar-refractivity contribution in [3.63, 3.8) is 0 Å². The van der Waals surface area contributed by atoms with Crippen LogP contribution in [0.25, 0.3) is 10.1 Å². The first kappa shape index (κ1) is 8.72. The van der Waals surface area contributed by atoms with Crippen LogP contribution in [0.3, 0.4) is 0 Å². The maximum absolute atomic E-state index is 13.1. The summed E-state index contributed by atoms with van der Waals surface area (Å²) in [7, 11) is 0. The van der Waals surface area contributed by atoms with Crippen LogP contribution in [0.5, 0.6) is 0 Å². The summed E-state index contributed by atoms with van der Waals surface area (Å²) < 4.78 is 13.8. The molecule has 0 atom stereocenters. The van der Waals surface area contributed by atoms with E-state index in [0.29, 0.717) is 20.5 Å². The molecular formula is C9H5FOS2. The van der Waals surface area contributed by atoms with Gasteiger partial charge in [0.15, 0.2) is 6.29 Å². The fourth-order valence-corrected chi connectivity index (χ4v) is 2.35. The summed E-state index contributed by atoms with van der Waals surface area (Å²) >= 11 is 5.32. The van der Waals surface area contributed by atoms with Gasteiger partial charge < -0.3 is 0 Å². The molecule has 0 unspecified atom stereocenters. The van der Waals surface area contributed by atoms with E-state index in [0.717, 1.165) is 6.29 Å². The first-order chi connectivity index (χ1) is 6.22. The van der Waals surface area contributed by atoms with Gasteiger partial charge in [0, 0.05) is 25.9 Å². The number of aldehydes is 1. The minimum absolute atomic E-state index is 0.293. The van der Waals surface area contributed by atoms with Crippen LogP contribution in [0.2, 0.25) is 0 Å². The van der Waals surface area contributed by atoms with Crippen LogP contribution in [0.15, 0.2) is 22.4 Å². The summed E-state index contributed by atoms with van der Waals surface area (Å²) in [5.41, 5.74) is 0.497. The van der Waals surface area contributed by atoms with Crippen molar-refractivity contribution in [3.8, 4) is 0 Å². The number of thiol groups is 1. The highest BCUT2D eigenvalue weighted by Gasteiger charge is 2.08. The predicted octanol–water partition coefficient (Wildman–Crippen LogP) is 3.14. The second kappa shape index (κ2) is 3.12. The Bertz CT molecular complexity index is 476. The van der Waals surface area contributed by atoms with E-state index in [9.17, 15) is 9.18 Å². The molecule has 1 nitrogen and oxygen atoms in total. The van der Waals surface area contributed by atoms with Crippen LogP contribution in [0.1, 0.15) is 10.4 Å². The maximum Gasteiger partial charge on any atom is 0.151 e. The van der Waals surface area contributed by atoms with Crippen LogP contribution < -0.4 is 0 Å². The molecule has 0 radical (unpaired) electrons. The van der Waals surface area contributed by atoms with Gasteiger partial charge in [0.1, 0.15) is 5.82 Å². The molecular weight excluding hydrogens is 207 g/mol. The average molecular weight is 212 g/mol. The third-order valence-corrected chi connectivity index (χ3v) is 3.04. The van der Waals surface area contributed by atoms with Gasteiger partial charge in [-0.1, -0.05) is 0 Å². The topological polar surface area (TPSA) is 17.1 Å². The van der Waals surface area contributed by atoms with Gasteiger partial charge >= 0.3 is 0 Å². The van der Waals surface area contributed by atoms with Crippen molar-refractivity contribution in [2.45, 2.75) is 4.90 Å². The fraction of sp³-hybridized carbons (Fsp3) is 0. The van der Waals surface area contributed by atoms with Crippen molar-refractivity contribution in [1.29, 1.82) is 0 Å². The predicted molar refractivity (Wildman–Crippen MR) is 54.4 cm³/mol. The first-order valence-corrected chi connectivity index (χ1v) is 4.90. The van der Waals surface area contributed by atoms with Crippen molar-refractivity contribution in [2.75, 3.05) is 0 Å². The number of thiophene rings is 1. The van der Waals surface area contributed by atoms with Crippen LogP contribution in [0, 0.1) is 5.82 Å². The number of benzene rings is 1. The minimum Gasteiger partial charge on any atom is -0.298 e. The van der Waals surface area contributed by atoms with E-state index >= 15 is 0 Å². The number of rotatable bonds is 1. The van der Waals surface area contributed by atoms with Crippen molar-refractivity contribution in [2.24, 2.45) is 0 Å². The Hall–Kier alpha value is -0.870. The lowest BCUT2D eigenvalue weighted by atomic mass is 10.2. The third kappa shape index (κ3) is 1.36. The van der Waals surface area contributed by atoms with Crippen molar-refractivity contribution >= 4 is 40.3 Å². The molecule has 0 aliphatic rings. The Morgan fingerprint density at radius 3 is 2.92 bits per heavy atom. The summed E-state index contributed by atoms with van der Waals surface area (Å²) in [5, 5.41) is 1.87. The van der Waals surface area contributed by atoms with Gasteiger partial charge in [0.25, 0.3) is 0 Å². The van der Waals surface area contributed by atoms with Crippen LogP contribution in [-0.4, -0.2) is 6.29 Å². The number of hydrogen-bond donors (Lipinski definition) is 1. The van der Waals surface area contributed by atoms with E-state index in [4.69, 9.17) is 0 Å². The van der Waals surface area contributed by atoms with Crippen LogP contribution >= 0.6 is 24.0 Å². The normalized spacial score (nSPS) is 10.6. The minimum atomic E-state index is -0.293. The average Bonchev–Trinajstić information content (AvgIpc) is 2.47. The molecule has 2 rings (SSSR count). The molecule has 0 fully saturated rings. The van der Waals surface area contributed by atoms with E-state index < -0.39 is 0 Å². The number of hydrogen-bond acceptors (Lipinski definition) is 3. The summed E-state index contributed by atoms with van der Waals surface area (Å²) in [6.45, 7) is 0.